The number of hydrogen-bond donors (Lipinski definition) is 1. The van der Waals surface area contributed by atoms with Gasteiger partial charge in [0.2, 0.25) is 0 Å². The smallest absolute Gasteiger partial charge is 0.0585 e. The van der Waals surface area contributed by atoms with Crippen LogP contribution in [0.3, 0.4) is 0 Å². The van der Waals surface area contributed by atoms with E-state index in [1.165, 1.54) is 62.7 Å². The molecule has 3 heteroatoms. The van der Waals surface area contributed by atoms with Crippen LogP contribution in [-0.2, 0) is 7.05 Å². The first-order chi connectivity index (χ1) is 8.36. The van der Waals surface area contributed by atoms with Crippen LogP contribution < -0.4 is 5.32 Å². The van der Waals surface area contributed by atoms with Crippen LogP contribution >= 0.6 is 0 Å². The first-order valence-corrected chi connectivity index (χ1v) is 7.11. The molecule has 1 aromatic rings. The summed E-state index contributed by atoms with van der Waals surface area (Å²) in [7, 11) is 2.10. The molecule has 0 amide bonds. The first-order valence-electron chi connectivity index (χ1n) is 7.11. The van der Waals surface area contributed by atoms with E-state index in [0.717, 1.165) is 5.92 Å². The van der Waals surface area contributed by atoms with Gasteiger partial charge in [-0.2, -0.15) is 5.10 Å². The van der Waals surface area contributed by atoms with Crippen molar-refractivity contribution in [1.29, 1.82) is 0 Å². The van der Waals surface area contributed by atoms with E-state index in [2.05, 4.69) is 28.3 Å². The largest absolute Gasteiger partial charge is 0.309 e. The highest BCUT2D eigenvalue weighted by atomic mass is 15.3. The Labute approximate surface area is 104 Å². The summed E-state index contributed by atoms with van der Waals surface area (Å²) in [5.74, 6) is 0.773. The number of nitrogens with one attached hydrogen (secondary N) is 1. The lowest BCUT2D eigenvalue weighted by atomic mass is 9.83. The summed E-state index contributed by atoms with van der Waals surface area (Å²) in [5, 5.41) is 8.13. The third kappa shape index (κ3) is 2.13. The third-order valence-electron chi connectivity index (χ3n) is 4.45. The highest BCUT2D eigenvalue weighted by Gasteiger charge is 2.27. The molecule has 1 saturated carbocycles. The van der Waals surface area contributed by atoms with Crippen molar-refractivity contribution in [1.82, 2.24) is 15.1 Å². The minimum Gasteiger partial charge on any atom is -0.309 e. The van der Waals surface area contributed by atoms with Crippen molar-refractivity contribution in [3.8, 4) is 0 Å². The van der Waals surface area contributed by atoms with Crippen LogP contribution in [0.25, 0.3) is 0 Å². The molecule has 3 rings (SSSR count). The molecular formula is C14H23N3. The minimum absolute atomic E-state index is 0.555. The van der Waals surface area contributed by atoms with Gasteiger partial charge in [-0.15, -0.1) is 0 Å². The quantitative estimate of drug-likeness (QED) is 0.851. The van der Waals surface area contributed by atoms with Gasteiger partial charge in [0.05, 0.1) is 11.9 Å². The van der Waals surface area contributed by atoms with Crippen molar-refractivity contribution in [3.63, 3.8) is 0 Å². The van der Waals surface area contributed by atoms with Crippen molar-refractivity contribution < 1.29 is 0 Å². The Morgan fingerprint density at radius 1 is 1.18 bits per heavy atom. The Morgan fingerprint density at radius 2 is 2.00 bits per heavy atom. The zero-order valence-corrected chi connectivity index (χ0v) is 10.8. The van der Waals surface area contributed by atoms with Crippen molar-refractivity contribution in [2.75, 3.05) is 6.54 Å². The van der Waals surface area contributed by atoms with Gasteiger partial charge in [-0.25, -0.2) is 0 Å². The summed E-state index contributed by atoms with van der Waals surface area (Å²) in [4.78, 5) is 0. The fourth-order valence-electron chi connectivity index (χ4n) is 3.54. The summed E-state index contributed by atoms with van der Waals surface area (Å²) in [5.41, 5.74) is 3.00. The molecule has 1 atom stereocenters. The van der Waals surface area contributed by atoms with Gasteiger partial charge in [0.15, 0.2) is 0 Å². The zero-order chi connectivity index (χ0) is 11.7. The number of nitrogens with zero attached hydrogens (tertiary/aromatic N) is 2. The van der Waals surface area contributed by atoms with E-state index in [1.807, 2.05) is 0 Å². The van der Waals surface area contributed by atoms with Crippen LogP contribution in [0, 0.1) is 0 Å². The molecule has 1 unspecified atom stereocenters. The van der Waals surface area contributed by atoms with Gasteiger partial charge in [0.1, 0.15) is 0 Å². The summed E-state index contributed by atoms with van der Waals surface area (Å²) >= 11 is 0. The van der Waals surface area contributed by atoms with E-state index < -0.39 is 0 Å². The SMILES string of the molecule is Cn1ncc(C2CCCCC2)c1C1CCCN1. The lowest BCUT2D eigenvalue weighted by Gasteiger charge is -2.23. The average molecular weight is 233 g/mol. The number of rotatable bonds is 2. The molecule has 0 radical (unpaired) electrons. The number of hydrogen-bond acceptors (Lipinski definition) is 2. The van der Waals surface area contributed by atoms with E-state index in [4.69, 9.17) is 0 Å². The van der Waals surface area contributed by atoms with Gasteiger partial charge in [-0.1, -0.05) is 19.3 Å². The second-order valence-corrected chi connectivity index (χ2v) is 5.59. The molecule has 2 fully saturated rings. The molecule has 2 aliphatic rings. The maximum atomic E-state index is 4.51. The fraction of sp³-hybridized carbons (Fsp3) is 0.786. The Kier molecular flexibility index (Phi) is 3.19. The van der Waals surface area contributed by atoms with Crippen molar-refractivity contribution in [2.45, 2.75) is 56.9 Å². The molecule has 1 aliphatic carbocycles. The second kappa shape index (κ2) is 4.81. The maximum Gasteiger partial charge on any atom is 0.0585 e. The molecule has 0 bridgehead atoms. The first kappa shape index (κ1) is 11.3. The fourth-order valence-corrected chi connectivity index (χ4v) is 3.54. The predicted octanol–water partition coefficient (Wildman–Crippen LogP) is 2.89. The van der Waals surface area contributed by atoms with Gasteiger partial charge in [-0.3, -0.25) is 4.68 Å². The van der Waals surface area contributed by atoms with Gasteiger partial charge < -0.3 is 5.32 Å². The normalized spacial score (nSPS) is 26.5. The molecule has 2 heterocycles. The lowest BCUT2D eigenvalue weighted by Crippen LogP contribution is -2.19. The van der Waals surface area contributed by atoms with E-state index in [9.17, 15) is 0 Å². The Balaban J connectivity index is 1.87. The van der Waals surface area contributed by atoms with Gasteiger partial charge in [-0.05, 0) is 43.7 Å². The van der Waals surface area contributed by atoms with Crippen LogP contribution in [0.15, 0.2) is 6.20 Å². The predicted molar refractivity (Wildman–Crippen MR) is 69.0 cm³/mol. The number of aryl methyl sites for hydroxylation is 1. The molecule has 94 valence electrons. The molecule has 0 spiro atoms. The maximum absolute atomic E-state index is 4.51. The Morgan fingerprint density at radius 3 is 2.71 bits per heavy atom. The van der Waals surface area contributed by atoms with E-state index in [-0.39, 0.29) is 0 Å². The summed E-state index contributed by atoms with van der Waals surface area (Å²) in [6.07, 6.45) is 11.7. The topological polar surface area (TPSA) is 29.9 Å². The van der Waals surface area contributed by atoms with Gasteiger partial charge in [0, 0.05) is 13.1 Å². The standard InChI is InChI=1S/C14H23N3/c1-17-14(13-8-5-9-15-13)12(10-16-17)11-6-3-2-4-7-11/h10-11,13,15H,2-9H2,1H3. The van der Waals surface area contributed by atoms with E-state index in [1.54, 1.807) is 0 Å². The Hall–Kier alpha value is -0.830. The molecule has 1 N–H and O–H groups in total. The van der Waals surface area contributed by atoms with E-state index >= 15 is 0 Å². The zero-order valence-electron chi connectivity index (χ0n) is 10.8. The molecule has 1 saturated heterocycles. The lowest BCUT2D eigenvalue weighted by molar-refractivity contribution is 0.436. The van der Waals surface area contributed by atoms with Crippen LogP contribution in [0.1, 0.15) is 68.2 Å². The Bertz CT molecular complexity index is 371. The molecule has 1 aliphatic heterocycles. The minimum atomic E-state index is 0.555. The average Bonchev–Trinajstić information content (AvgIpc) is 2.99. The van der Waals surface area contributed by atoms with Crippen LogP contribution in [0.2, 0.25) is 0 Å². The van der Waals surface area contributed by atoms with Crippen LogP contribution in [0.5, 0.6) is 0 Å². The second-order valence-electron chi connectivity index (χ2n) is 5.59. The number of aromatic nitrogens is 2. The summed E-state index contributed by atoms with van der Waals surface area (Å²) in [6, 6.07) is 0.555. The molecule has 3 nitrogen and oxygen atoms in total. The third-order valence-corrected chi connectivity index (χ3v) is 4.45. The molecule has 1 aromatic heterocycles. The highest BCUT2D eigenvalue weighted by molar-refractivity contribution is 5.26. The molecular weight excluding hydrogens is 210 g/mol. The monoisotopic (exact) mass is 233 g/mol. The van der Waals surface area contributed by atoms with Gasteiger partial charge >= 0.3 is 0 Å². The van der Waals surface area contributed by atoms with E-state index in [0.29, 0.717) is 6.04 Å². The highest BCUT2D eigenvalue weighted by Crippen LogP contribution is 2.37. The van der Waals surface area contributed by atoms with Gasteiger partial charge in [0.25, 0.3) is 0 Å². The van der Waals surface area contributed by atoms with Crippen molar-refractivity contribution in [2.24, 2.45) is 7.05 Å². The summed E-state index contributed by atoms with van der Waals surface area (Å²) in [6.45, 7) is 1.17. The summed E-state index contributed by atoms with van der Waals surface area (Å²) < 4.78 is 2.10. The molecule has 0 aromatic carbocycles. The van der Waals surface area contributed by atoms with Crippen LogP contribution in [0.4, 0.5) is 0 Å². The van der Waals surface area contributed by atoms with Crippen molar-refractivity contribution >= 4 is 0 Å². The van der Waals surface area contributed by atoms with Crippen LogP contribution in [-0.4, -0.2) is 16.3 Å². The van der Waals surface area contributed by atoms with Crippen molar-refractivity contribution in [3.05, 3.63) is 17.5 Å². The molecule has 17 heavy (non-hydrogen) atoms.